The van der Waals surface area contributed by atoms with Crippen molar-refractivity contribution >= 4 is 0 Å². The molecule has 0 atom stereocenters. The molecular weight excluding hydrogens is 164 g/mol. The average Bonchev–Trinajstić information content (AvgIpc) is 2.06. The molecule has 0 radical (unpaired) electrons. The first-order valence-corrected chi connectivity index (χ1v) is 4.32. The van der Waals surface area contributed by atoms with Gasteiger partial charge < -0.3 is 4.74 Å². The van der Waals surface area contributed by atoms with E-state index >= 15 is 0 Å². The number of nitrogens with zero attached hydrogens (tertiary/aromatic N) is 1. The number of halogens is 2. The third-order valence-electron chi connectivity index (χ3n) is 2.08. The lowest BCUT2D eigenvalue weighted by Crippen LogP contribution is -2.43. The number of rotatable bonds is 3. The molecule has 4 heteroatoms. The van der Waals surface area contributed by atoms with Gasteiger partial charge in [0, 0.05) is 19.5 Å². The maximum absolute atomic E-state index is 12.9. The van der Waals surface area contributed by atoms with Crippen molar-refractivity contribution in [3.8, 4) is 0 Å². The van der Waals surface area contributed by atoms with Crippen molar-refractivity contribution in [3.05, 3.63) is 0 Å². The Hall–Kier alpha value is -0.220. The van der Waals surface area contributed by atoms with E-state index in [1.807, 2.05) is 0 Å². The molecule has 0 unspecified atom stereocenters. The summed E-state index contributed by atoms with van der Waals surface area (Å²) in [5.74, 6) is -2.53. The molecule has 72 valence electrons. The van der Waals surface area contributed by atoms with Crippen molar-refractivity contribution in [1.82, 2.24) is 4.90 Å². The minimum absolute atomic E-state index is 0.0790. The summed E-state index contributed by atoms with van der Waals surface area (Å²) in [5.41, 5.74) is 0. The standard InChI is InChI=1S/C8H15F2NO/c1-2-8(9,10)7-11-3-5-12-6-4-11/h2-7H2,1H3. The van der Waals surface area contributed by atoms with Gasteiger partial charge in [-0.15, -0.1) is 0 Å². The highest BCUT2D eigenvalue weighted by Gasteiger charge is 2.29. The molecule has 2 nitrogen and oxygen atoms in total. The zero-order valence-corrected chi connectivity index (χ0v) is 7.35. The Bertz CT molecular complexity index is 135. The molecule has 1 aliphatic heterocycles. The third-order valence-corrected chi connectivity index (χ3v) is 2.08. The molecule has 1 heterocycles. The number of hydrogen-bond donors (Lipinski definition) is 0. The number of alkyl halides is 2. The first kappa shape index (κ1) is 9.86. The van der Waals surface area contributed by atoms with Gasteiger partial charge in [0.25, 0.3) is 5.92 Å². The summed E-state index contributed by atoms with van der Waals surface area (Å²) >= 11 is 0. The highest BCUT2D eigenvalue weighted by Crippen LogP contribution is 2.19. The van der Waals surface area contributed by atoms with Crippen LogP contribution in [0.15, 0.2) is 0 Å². The number of ether oxygens (including phenoxy) is 1. The summed E-state index contributed by atoms with van der Waals surface area (Å²) in [6.07, 6.45) is -0.0790. The van der Waals surface area contributed by atoms with Crippen LogP contribution in [0, 0.1) is 0 Å². The quantitative estimate of drug-likeness (QED) is 0.648. The van der Waals surface area contributed by atoms with E-state index in [9.17, 15) is 8.78 Å². The second-order valence-corrected chi connectivity index (χ2v) is 3.10. The molecule has 0 aromatic heterocycles. The van der Waals surface area contributed by atoms with Gasteiger partial charge in [-0.3, -0.25) is 4.90 Å². The Balaban J connectivity index is 2.28. The van der Waals surface area contributed by atoms with E-state index in [0.717, 1.165) is 0 Å². The fraction of sp³-hybridized carbons (Fsp3) is 1.00. The van der Waals surface area contributed by atoms with Crippen molar-refractivity contribution in [2.24, 2.45) is 0 Å². The summed E-state index contributed by atoms with van der Waals surface area (Å²) in [5, 5.41) is 0. The SMILES string of the molecule is CCC(F)(F)CN1CCOCC1. The molecule has 1 rings (SSSR count). The Morgan fingerprint density at radius 1 is 1.33 bits per heavy atom. The van der Waals surface area contributed by atoms with Gasteiger partial charge in [0.1, 0.15) is 0 Å². The van der Waals surface area contributed by atoms with E-state index < -0.39 is 5.92 Å². The van der Waals surface area contributed by atoms with E-state index in [4.69, 9.17) is 4.74 Å². The van der Waals surface area contributed by atoms with Crippen LogP contribution in [0.2, 0.25) is 0 Å². The van der Waals surface area contributed by atoms with Gasteiger partial charge in [0.05, 0.1) is 19.8 Å². The Labute approximate surface area is 71.5 Å². The van der Waals surface area contributed by atoms with Crippen LogP contribution in [-0.2, 0) is 4.74 Å². The Morgan fingerprint density at radius 3 is 2.42 bits per heavy atom. The fourth-order valence-corrected chi connectivity index (χ4v) is 1.20. The molecule has 0 aromatic carbocycles. The summed E-state index contributed by atoms with van der Waals surface area (Å²) in [6, 6.07) is 0. The van der Waals surface area contributed by atoms with E-state index in [1.54, 1.807) is 4.90 Å². The van der Waals surface area contributed by atoms with Crippen LogP contribution in [0.1, 0.15) is 13.3 Å². The molecule has 1 fully saturated rings. The molecule has 0 bridgehead atoms. The van der Waals surface area contributed by atoms with Crippen molar-refractivity contribution < 1.29 is 13.5 Å². The lowest BCUT2D eigenvalue weighted by molar-refractivity contribution is -0.0589. The molecule has 1 aliphatic rings. The summed E-state index contributed by atoms with van der Waals surface area (Å²) in [6.45, 7) is 3.83. The predicted octanol–water partition coefficient (Wildman–Crippen LogP) is 1.36. The van der Waals surface area contributed by atoms with Gasteiger partial charge in [-0.2, -0.15) is 0 Å². The molecular formula is C8H15F2NO. The van der Waals surface area contributed by atoms with Gasteiger partial charge in [-0.1, -0.05) is 6.92 Å². The van der Waals surface area contributed by atoms with Gasteiger partial charge in [0.2, 0.25) is 0 Å². The highest BCUT2D eigenvalue weighted by molar-refractivity contribution is 4.72. The molecule has 1 saturated heterocycles. The Kier molecular flexibility index (Phi) is 3.40. The molecule has 0 spiro atoms. The lowest BCUT2D eigenvalue weighted by atomic mass is 10.2. The normalized spacial score (nSPS) is 21.2. The summed E-state index contributed by atoms with van der Waals surface area (Å²) in [7, 11) is 0. The smallest absolute Gasteiger partial charge is 0.260 e. The van der Waals surface area contributed by atoms with Gasteiger partial charge in [-0.05, 0) is 0 Å². The number of morpholine rings is 1. The molecule has 0 saturated carbocycles. The second kappa shape index (κ2) is 4.14. The fourth-order valence-electron chi connectivity index (χ4n) is 1.20. The van der Waals surface area contributed by atoms with E-state index in [-0.39, 0.29) is 13.0 Å². The van der Waals surface area contributed by atoms with Crippen molar-refractivity contribution in [2.45, 2.75) is 19.3 Å². The van der Waals surface area contributed by atoms with E-state index in [2.05, 4.69) is 0 Å². The van der Waals surface area contributed by atoms with Crippen molar-refractivity contribution in [1.29, 1.82) is 0 Å². The molecule has 0 N–H and O–H groups in total. The first-order chi connectivity index (χ1) is 5.64. The van der Waals surface area contributed by atoms with Crippen LogP contribution in [0.5, 0.6) is 0 Å². The minimum Gasteiger partial charge on any atom is -0.379 e. The van der Waals surface area contributed by atoms with Crippen molar-refractivity contribution in [3.63, 3.8) is 0 Å². The zero-order chi connectivity index (χ0) is 9.03. The van der Waals surface area contributed by atoms with Crippen LogP contribution in [0.3, 0.4) is 0 Å². The van der Waals surface area contributed by atoms with Gasteiger partial charge in [-0.25, -0.2) is 8.78 Å². The third kappa shape index (κ3) is 3.03. The maximum atomic E-state index is 12.9. The Morgan fingerprint density at radius 2 is 1.92 bits per heavy atom. The maximum Gasteiger partial charge on any atom is 0.260 e. The molecule has 12 heavy (non-hydrogen) atoms. The predicted molar refractivity (Wildman–Crippen MR) is 42.5 cm³/mol. The summed E-state index contributed by atoms with van der Waals surface area (Å²) < 4.78 is 30.8. The minimum atomic E-state index is -2.53. The highest BCUT2D eigenvalue weighted by atomic mass is 19.3. The largest absolute Gasteiger partial charge is 0.379 e. The first-order valence-electron chi connectivity index (χ1n) is 4.32. The van der Waals surface area contributed by atoms with Crippen LogP contribution in [-0.4, -0.2) is 43.7 Å². The van der Waals surface area contributed by atoms with Crippen LogP contribution < -0.4 is 0 Å². The average molecular weight is 179 g/mol. The summed E-state index contributed by atoms with van der Waals surface area (Å²) in [4.78, 5) is 1.76. The van der Waals surface area contributed by atoms with E-state index in [1.165, 1.54) is 6.92 Å². The van der Waals surface area contributed by atoms with Crippen LogP contribution >= 0.6 is 0 Å². The van der Waals surface area contributed by atoms with Gasteiger partial charge >= 0.3 is 0 Å². The number of hydrogen-bond acceptors (Lipinski definition) is 2. The van der Waals surface area contributed by atoms with Crippen molar-refractivity contribution in [2.75, 3.05) is 32.8 Å². The molecule has 0 amide bonds. The van der Waals surface area contributed by atoms with E-state index in [0.29, 0.717) is 26.3 Å². The second-order valence-electron chi connectivity index (χ2n) is 3.10. The van der Waals surface area contributed by atoms with Crippen LogP contribution in [0.25, 0.3) is 0 Å². The zero-order valence-electron chi connectivity index (χ0n) is 7.35. The molecule has 0 aliphatic carbocycles. The van der Waals surface area contributed by atoms with Gasteiger partial charge in [0.15, 0.2) is 0 Å². The lowest BCUT2D eigenvalue weighted by Gasteiger charge is -2.29. The molecule has 0 aromatic rings. The monoisotopic (exact) mass is 179 g/mol. The van der Waals surface area contributed by atoms with Crippen LogP contribution in [0.4, 0.5) is 8.78 Å². The topological polar surface area (TPSA) is 12.5 Å².